The molecule has 0 aliphatic rings. The van der Waals surface area contributed by atoms with Crippen LogP contribution in [0.3, 0.4) is 0 Å². The number of carbonyl (C=O) groups is 1. The summed E-state index contributed by atoms with van der Waals surface area (Å²) < 4.78 is 74.8. The predicted octanol–water partition coefficient (Wildman–Crippen LogP) is 3.84. The topological polar surface area (TPSA) is 29.1 Å². The van der Waals surface area contributed by atoms with Crippen molar-refractivity contribution in [1.29, 1.82) is 0 Å². The molecule has 0 saturated heterocycles. The van der Waals surface area contributed by atoms with Crippen molar-refractivity contribution in [2.75, 3.05) is 0 Å². The van der Waals surface area contributed by atoms with Crippen molar-refractivity contribution in [3.05, 3.63) is 35.4 Å². The van der Waals surface area contributed by atoms with E-state index in [0.29, 0.717) is 6.07 Å². The summed E-state index contributed by atoms with van der Waals surface area (Å²) in [7, 11) is 0. The number of rotatable bonds is 3. The average molecular weight is 299 g/mol. The Labute approximate surface area is 110 Å². The van der Waals surface area contributed by atoms with Crippen LogP contribution in [0.5, 0.6) is 0 Å². The third-order valence-corrected chi connectivity index (χ3v) is 2.43. The Morgan fingerprint density at radius 2 is 1.80 bits per heavy atom. The van der Waals surface area contributed by atoms with Gasteiger partial charge in [-0.05, 0) is 17.7 Å². The molecule has 1 rings (SSSR count). The Morgan fingerprint density at radius 3 is 2.25 bits per heavy atom. The molecule has 2 nitrogen and oxygen atoms in total. The minimum Gasteiger partial charge on any atom is -0.349 e. The van der Waals surface area contributed by atoms with E-state index in [1.165, 1.54) is 0 Å². The maximum absolute atomic E-state index is 12.5. The first kappa shape index (κ1) is 16.3. The molecule has 1 N–H and O–H groups in total. The summed E-state index contributed by atoms with van der Waals surface area (Å²) in [6, 6.07) is 1.92. The summed E-state index contributed by atoms with van der Waals surface area (Å²) in [4.78, 5) is 10.9. The van der Waals surface area contributed by atoms with Crippen LogP contribution in [0.25, 0.3) is 0 Å². The molecule has 1 amide bonds. The van der Waals surface area contributed by atoms with Gasteiger partial charge >= 0.3 is 12.4 Å². The lowest BCUT2D eigenvalue weighted by Crippen LogP contribution is -2.30. The van der Waals surface area contributed by atoms with Crippen LogP contribution in [0.2, 0.25) is 0 Å². The maximum atomic E-state index is 12.5. The van der Waals surface area contributed by atoms with Crippen LogP contribution in [-0.4, -0.2) is 12.1 Å². The summed E-state index contributed by atoms with van der Waals surface area (Å²) in [5.41, 5.74) is -1.31. The van der Waals surface area contributed by atoms with Gasteiger partial charge in [-0.1, -0.05) is 12.1 Å². The van der Waals surface area contributed by atoms with Crippen molar-refractivity contribution < 1.29 is 31.1 Å². The van der Waals surface area contributed by atoms with Gasteiger partial charge in [0.25, 0.3) is 0 Å². The maximum Gasteiger partial charge on any atom is 0.416 e. The molecule has 0 saturated carbocycles. The molecule has 1 atom stereocenters. The lowest BCUT2D eigenvalue weighted by Gasteiger charge is -2.21. The van der Waals surface area contributed by atoms with Crippen LogP contribution in [0.15, 0.2) is 24.3 Å². The highest BCUT2D eigenvalue weighted by Crippen LogP contribution is 2.34. The van der Waals surface area contributed by atoms with E-state index >= 15 is 0 Å². The molecule has 0 heterocycles. The first-order valence-corrected chi connectivity index (χ1v) is 5.50. The van der Waals surface area contributed by atoms with E-state index in [-0.39, 0.29) is 5.56 Å². The van der Waals surface area contributed by atoms with Crippen LogP contribution >= 0.6 is 0 Å². The lowest BCUT2D eigenvalue weighted by molar-refractivity contribution is -0.142. The van der Waals surface area contributed by atoms with Crippen LogP contribution < -0.4 is 5.32 Å². The highest BCUT2D eigenvalue weighted by molar-refractivity contribution is 5.73. The van der Waals surface area contributed by atoms with Gasteiger partial charge in [0.15, 0.2) is 0 Å². The van der Waals surface area contributed by atoms with Gasteiger partial charge in [-0.25, -0.2) is 0 Å². The van der Waals surface area contributed by atoms with Crippen LogP contribution in [0, 0.1) is 0 Å². The summed E-state index contributed by atoms with van der Waals surface area (Å²) >= 11 is 0. The number of hydrogen-bond acceptors (Lipinski definition) is 1. The Balaban J connectivity index is 3.10. The summed E-state index contributed by atoms with van der Waals surface area (Å²) in [6.07, 6.45) is -10.7. The molecule has 112 valence electrons. The largest absolute Gasteiger partial charge is 0.416 e. The third-order valence-electron chi connectivity index (χ3n) is 2.43. The molecular weight excluding hydrogens is 288 g/mol. The molecule has 0 aromatic heterocycles. The number of halogens is 6. The summed E-state index contributed by atoms with van der Waals surface area (Å²) in [5.74, 6) is -0.753. The van der Waals surface area contributed by atoms with Crippen molar-refractivity contribution in [3.63, 3.8) is 0 Å². The molecule has 0 bridgehead atoms. The zero-order chi connectivity index (χ0) is 15.6. The Bertz CT molecular complexity index is 480. The highest BCUT2D eigenvalue weighted by Gasteiger charge is 2.35. The van der Waals surface area contributed by atoms with Crippen molar-refractivity contribution in [2.45, 2.75) is 31.7 Å². The van der Waals surface area contributed by atoms with Crippen molar-refractivity contribution in [1.82, 2.24) is 5.32 Å². The minimum absolute atomic E-state index is 0.243. The first-order chi connectivity index (χ1) is 8.99. The molecule has 0 radical (unpaired) electrons. The molecule has 1 aromatic carbocycles. The van der Waals surface area contributed by atoms with Crippen LogP contribution in [0.1, 0.15) is 30.5 Å². The second kappa shape index (κ2) is 5.72. The van der Waals surface area contributed by atoms with E-state index in [1.807, 2.05) is 5.32 Å². The smallest absolute Gasteiger partial charge is 0.349 e. The van der Waals surface area contributed by atoms with Crippen molar-refractivity contribution >= 4 is 5.91 Å². The van der Waals surface area contributed by atoms with Gasteiger partial charge in [0.05, 0.1) is 18.0 Å². The van der Waals surface area contributed by atoms with Gasteiger partial charge < -0.3 is 5.32 Å². The molecule has 0 aliphatic heterocycles. The number of hydrogen-bond donors (Lipinski definition) is 1. The van der Waals surface area contributed by atoms with E-state index in [1.54, 1.807) is 0 Å². The molecular formula is C12H11F6NO. The Kier molecular flexibility index (Phi) is 4.67. The van der Waals surface area contributed by atoms with Gasteiger partial charge in [-0.3, -0.25) is 4.79 Å². The zero-order valence-electron chi connectivity index (χ0n) is 10.3. The molecule has 0 spiro atoms. The number of carbonyl (C=O) groups excluding carboxylic acids is 1. The van der Waals surface area contributed by atoms with Crippen LogP contribution in [-0.2, 0) is 11.0 Å². The molecule has 8 heteroatoms. The standard InChI is InChI=1S/C12H11F6NO/c1-7(20)19-10(6-11(13,14)15)8-3-2-4-9(5-8)12(16,17)18/h2-5,10H,6H2,1H3,(H,19,20). The van der Waals surface area contributed by atoms with Gasteiger partial charge in [0.2, 0.25) is 5.91 Å². The van der Waals surface area contributed by atoms with Gasteiger partial charge in [-0.15, -0.1) is 0 Å². The van der Waals surface area contributed by atoms with E-state index in [0.717, 1.165) is 25.1 Å². The van der Waals surface area contributed by atoms with Crippen molar-refractivity contribution in [3.8, 4) is 0 Å². The third kappa shape index (κ3) is 5.10. The molecule has 0 aliphatic carbocycles. The molecule has 1 unspecified atom stereocenters. The summed E-state index contributed by atoms with van der Waals surface area (Å²) in [5, 5.41) is 2.01. The lowest BCUT2D eigenvalue weighted by atomic mass is 10.0. The Hall–Kier alpha value is -1.73. The SMILES string of the molecule is CC(=O)NC(CC(F)(F)F)c1cccc(C(F)(F)F)c1. The van der Waals surface area contributed by atoms with E-state index in [2.05, 4.69) is 0 Å². The second-order valence-electron chi connectivity index (χ2n) is 4.20. The normalized spacial score (nSPS) is 13.9. The number of benzene rings is 1. The molecule has 1 aromatic rings. The molecule has 0 fully saturated rings. The fourth-order valence-corrected chi connectivity index (χ4v) is 1.66. The van der Waals surface area contributed by atoms with Crippen LogP contribution in [0.4, 0.5) is 26.3 Å². The van der Waals surface area contributed by atoms with Gasteiger partial charge in [-0.2, -0.15) is 26.3 Å². The monoisotopic (exact) mass is 299 g/mol. The van der Waals surface area contributed by atoms with E-state index < -0.39 is 36.3 Å². The van der Waals surface area contributed by atoms with Gasteiger partial charge in [0.1, 0.15) is 0 Å². The van der Waals surface area contributed by atoms with E-state index in [9.17, 15) is 31.1 Å². The average Bonchev–Trinajstić information content (AvgIpc) is 2.24. The first-order valence-electron chi connectivity index (χ1n) is 5.50. The quantitative estimate of drug-likeness (QED) is 0.844. The zero-order valence-corrected chi connectivity index (χ0v) is 10.3. The second-order valence-corrected chi connectivity index (χ2v) is 4.20. The van der Waals surface area contributed by atoms with E-state index in [4.69, 9.17) is 0 Å². The number of amides is 1. The minimum atomic E-state index is -4.66. The predicted molar refractivity (Wildman–Crippen MR) is 58.7 cm³/mol. The highest BCUT2D eigenvalue weighted by atomic mass is 19.4. The summed E-state index contributed by atoms with van der Waals surface area (Å²) in [6.45, 7) is 0.997. The number of alkyl halides is 6. The number of nitrogens with one attached hydrogen (secondary N) is 1. The fraction of sp³-hybridized carbons (Fsp3) is 0.417. The van der Waals surface area contributed by atoms with Crippen molar-refractivity contribution in [2.24, 2.45) is 0 Å². The van der Waals surface area contributed by atoms with Gasteiger partial charge in [0, 0.05) is 6.92 Å². The Morgan fingerprint density at radius 1 is 1.20 bits per heavy atom. The fourth-order valence-electron chi connectivity index (χ4n) is 1.66. The molecule has 20 heavy (non-hydrogen) atoms.